The Morgan fingerprint density at radius 1 is 1.07 bits per heavy atom. The van der Waals surface area contributed by atoms with Crippen molar-refractivity contribution in [2.75, 3.05) is 38.6 Å². The van der Waals surface area contributed by atoms with Gasteiger partial charge in [-0.2, -0.15) is 0 Å². The second kappa shape index (κ2) is 9.62. The van der Waals surface area contributed by atoms with Crippen LogP contribution in [0.2, 0.25) is 5.02 Å². The van der Waals surface area contributed by atoms with E-state index in [-0.39, 0.29) is 27.9 Å². The molecule has 0 radical (unpaired) electrons. The van der Waals surface area contributed by atoms with Gasteiger partial charge in [-0.3, -0.25) is 0 Å². The molecule has 4 fully saturated rings. The average molecular weight is 623 g/mol. The number of hydrogen-bond donors (Lipinski definition) is 2. The Balaban J connectivity index is 1.37. The highest BCUT2D eigenvalue weighted by molar-refractivity contribution is 6.35. The van der Waals surface area contributed by atoms with E-state index in [1.807, 2.05) is 48.1 Å². The third kappa shape index (κ3) is 3.89. The van der Waals surface area contributed by atoms with Gasteiger partial charge in [0.2, 0.25) is 0 Å². The lowest BCUT2D eigenvalue weighted by Crippen LogP contribution is -2.57. The number of hydrogen-bond acceptors (Lipinski definition) is 7. The Hall–Kier alpha value is -4.25. The number of pyridine rings is 1. The van der Waals surface area contributed by atoms with Crippen molar-refractivity contribution in [3.8, 4) is 28.4 Å². The smallest absolute Gasteiger partial charge is 0.161 e. The van der Waals surface area contributed by atoms with Crippen molar-refractivity contribution in [2.24, 2.45) is 13.0 Å². The van der Waals surface area contributed by atoms with Crippen LogP contribution >= 0.6 is 11.6 Å². The molecule has 45 heavy (non-hydrogen) atoms. The normalized spacial score (nSPS) is 21.4. The van der Waals surface area contributed by atoms with Crippen molar-refractivity contribution in [3.63, 3.8) is 0 Å². The largest absolute Gasteiger partial charge is 0.508 e. The lowest BCUT2D eigenvalue weighted by Gasteiger charge is -2.43. The first-order valence-electron chi connectivity index (χ1n) is 15.4. The molecule has 10 rings (SSSR count). The molecule has 6 heterocycles. The zero-order chi connectivity index (χ0) is 30.7. The van der Waals surface area contributed by atoms with Gasteiger partial charge in [-0.05, 0) is 61.0 Å². The number of benzene rings is 3. The monoisotopic (exact) mass is 622 g/mol. The summed E-state index contributed by atoms with van der Waals surface area (Å²) in [7, 11) is 6.10. The second-order valence-electron chi connectivity index (χ2n) is 13.0. The predicted octanol–water partition coefficient (Wildman–Crippen LogP) is 5.59. The van der Waals surface area contributed by atoms with Crippen molar-refractivity contribution in [1.29, 1.82) is 0 Å². The lowest BCUT2D eigenvalue weighted by molar-refractivity contribution is 0.227. The first-order valence-corrected chi connectivity index (χ1v) is 15.7. The predicted molar refractivity (Wildman–Crippen MR) is 175 cm³/mol. The van der Waals surface area contributed by atoms with Gasteiger partial charge in [0.1, 0.15) is 22.5 Å². The molecular weight excluding hydrogens is 591 g/mol. The summed E-state index contributed by atoms with van der Waals surface area (Å²) >= 11 is 7.04. The maximum absolute atomic E-state index is 17.2. The van der Waals surface area contributed by atoms with Crippen LogP contribution in [-0.2, 0) is 7.05 Å². The van der Waals surface area contributed by atoms with E-state index in [1.165, 1.54) is 0 Å². The molecule has 11 heteroatoms. The van der Waals surface area contributed by atoms with Crippen LogP contribution in [0.3, 0.4) is 0 Å². The molecule has 3 aliphatic heterocycles. The standard InChI is InChI=1S/C34H32ClFN8O/c1-41(2)19-13-43(14-19)34-30-32(44(31-18-9-25(31)37-12-18)33(40-30)26-15-42(3)16-38-26)23-11-24(35)27(28(36)29(23)39-34)22-10-20(45)8-17-6-4-5-7-21(17)22/h4-8,10-11,15-16,18-19,25,31,37,45H,9,12-14H2,1-3H3. The molecule has 3 saturated heterocycles. The van der Waals surface area contributed by atoms with Crippen molar-refractivity contribution < 1.29 is 9.50 Å². The van der Waals surface area contributed by atoms with Gasteiger partial charge in [0, 0.05) is 55.9 Å². The maximum Gasteiger partial charge on any atom is 0.161 e. The van der Waals surface area contributed by atoms with Crippen molar-refractivity contribution >= 4 is 50.1 Å². The van der Waals surface area contributed by atoms with Gasteiger partial charge in [0.05, 0.1) is 22.9 Å². The van der Waals surface area contributed by atoms with Gasteiger partial charge in [0.15, 0.2) is 17.5 Å². The summed E-state index contributed by atoms with van der Waals surface area (Å²) in [6, 6.07) is 13.5. The Bertz CT molecular complexity index is 2170. The maximum atomic E-state index is 17.2. The van der Waals surface area contributed by atoms with E-state index in [9.17, 15) is 5.11 Å². The number of anilines is 1. The number of fused-ring (bicyclic) bond motifs is 5. The SMILES string of the molecule is CN(C)C1CN(c2nc3c(F)c(-c4cc(O)cc5ccccc45)c(Cl)cc3c3c2nc(-c2cn(C)cn2)n3C2C3CNC2C3)C1. The lowest BCUT2D eigenvalue weighted by atomic mass is 9.79. The number of imidazole rings is 2. The molecule has 0 amide bonds. The zero-order valence-corrected chi connectivity index (χ0v) is 25.9. The Kier molecular flexibility index (Phi) is 5.79. The van der Waals surface area contributed by atoms with Crippen LogP contribution in [0, 0.1) is 11.7 Å². The fraction of sp³-hybridized carbons (Fsp3) is 0.324. The first-order chi connectivity index (χ1) is 21.8. The van der Waals surface area contributed by atoms with E-state index in [0.29, 0.717) is 34.8 Å². The number of aromatic nitrogens is 5. The molecule has 0 spiro atoms. The molecule has 2 N–H and O–H groups in total. The summed E-state index contributed by atoms with van der Waals surface area (Å²) < 4.78 is 21.4. The average Bonchev–Trinajstić information content (AvgIpc) is 3.77. The summed E-state index contributed by atoms with van der Waals surface area (Å²) in [6.45, 7) is 2.47. The van der Waals surface area contributed by atoms with Crippen LogP contribution in [0.4, 0.5) is 10.2 Å². The highest BCUT2D eigenvalue weighted by atomic mass is 35.5. The molecule has 1 saturated carbocycles. The van der Waals surface area contributed by atoms with Gasteiger partial charge in [-0.1, -0.05) is 35.9 Å². The van der Waals surface area contributed by atoms with E-state index in [1.54, 1.807) is 18.5 Å². The van der Waals surface area contributed by atoms with Crippen LogP contribution in [0.25, 0.3) is 55.4 Å². The molecule has 1 aliphatic carbocycles. The Morgan fingerprint density at radius 3 is 2.60 bits per heavy atom. The van der Waals surface area contributed by atoms with Crippen LogP contribution < -0.4 is 10.2 Å². The summed E-state index contributed by atoms with van der Waals surface area (Å²) in [6.07, 6.45) is 4.86. The van der Waals surface area contributed by atoms with E-state index < -0.39 is 5.82 Å². The quantitative estimate of drug-likeness (QED) is 0.259. The fourth-order valence-corrected chi connectivity index (χ4v) is 7.96. The van der Waals surface area contributed by atoms with Crippen LogP contribution in [0.5, 0.6) is 5.75 Å². The molecule has 228 valence electrons. The molecule has 9 nitrogen and oxygen atoms in total. The third-order valence-electron chi connectivity index (χ3n) is 10.1. The van der Waals surface area contributed by atoms with E-state index in [0.717, 1.165) is 59.4 Å². The van der Waals surface area contributed by atoms with Gasteiger partial charge < -0.3 is 29.4 Å². The number of aryl methyl sites for hydroxylation is 1. The molecule has 4 aliphatic rings. The minimum absolute atomic E-state index is 0.0460. The van der Waals surface area contributed by atoms with Crippen LogP contribution in [-0.4, -0.2) is 79.9 Å². The van der Waals surface area contributed by atoms with Gasteiger partial charge in [-0.15, -0.1) is 0 Å². The topological polar surface area (TPSA) is 87.3 Å². The highest BCUT2D eigenvalue weighted by Crippen LogP contribution is 2.50. The number of likely N-dealkylation sites (N-methyl/N-ethyl adjacent to an activating group) is 1. The molecule has 3 aromatic heterocycles. The minimum Gasteiger partial charge on any atom is -0.508 e. The molecular formula is C34H32ClFN8O. The van der Waals surface area contributed by atoms with E-state index >= 15 is 4.39 Å². The first kappa shape index (κ1) is 27.1. The van der Waals surface area contributed by atoms with Gasteiger partial charge in [-0.25, -0.2) is 19.3 Å². The van der Waals surface area contributed by atoms with E-state index in [4.69, 9.17) is 26.6 Å². The summed E-state index contributed by atoms with van der Waals surface area (Å²) in [4.78, 5) is 19.4. The Morgan fingerprint density at radius 2 is 1.89 bits per heavy atom. The zero-order valence-electron chi connectivity index (χ0n) is 25.2. The number of phenolic OH excluding ortho intramolecular Hbond substituents is 1. The van der Waals surface area contributed by atoms with E-state index in [2.05, 4.69) is 33.8 Å². The van der Waals surface area contributed by atoms with Crippen molar-refractivity contribution in [2.45, 2.75) is 24.5 Å². The second-order valence-corrected chi connectivity index (χ2v) is 13.5. The number of nitrogens with one attached hydrogen (secondary N) is 1. The summed E-state index contributed by atoms with van der Waals surface area (Å²) in [5.41, 5.74) is 3.33. The molecule has 6 aromatic rings. The highest BCUT2D eigenvalue weighted by Gasteiger charge is 2.49. The third-order valence-corrected chi connectivity index (χ3v) is 10.4. The minimum atomic E-state index is -0.511. The Labute approximate surface area is 263 Å². The van der Waals surface area contributed by atoms with Crippen LogP contribution in [0.1, 0.15) is 12.5 Å². The number of nitrogens with zero attached hydrogens (tertiary/aromatic N) is 7. The van der Waals surface area contributed by atoms with Gasteiger partial charge >= 0.3 is 0 Å². The van der Waals surface area contributed by atoms with Gasteiger partial charge in [0.25, 0.3) is 0 Å². The molecule has 3 unspecified atom stereocenters. The number of aromatic hydroxyl groups is 1. The number of rotatable bonds is 5. The molecule has 3 aromatic carbocycles. The molecule has 2 bridgehead atoms. The number of halogens is 2. The van der Waals surface area contributed by atoms with Crippen molar-refractivity contribution in [3.05, 3.63) is 65.8 Å². The fourth-order valence-electron chi connectivity index (χ4n) is 7.67. The number of phenols is 1. The van der Waals surface area contributed by atoms with Crippen molar-refractivity contribution in [1.82, 2.24) is 34.3 Å². The summed E-state index contributed by atoms with van der Waals surface area (Å²) in [5.74, 6) is 1.41. The summed E-state index contributed by atoms with van der Waals surface area (Å²) in [5, 5.41) is 16.7. The van der Waals surface area contributed by atoms with Crippen LogP contribution in [0.15, 0.2) is 55.0 Å². The molecule has 3 atom stereocenters.